The number of hydrogen-bond donors (Lipinski definition) is 1. The molecule has 1 aliphatic carbocycles. The zero-order valence-corrected chi connectivity index (χ0v) is 10.3. The van der Waals surface area contributed by atoms with Gasteiger partial charge in [-0.2, -0.15) is 13.2 Å². The first-order valence-electron chi connectivity index (χ1n) is 6.53. The van der Waals surface area contributed by atoms with Crippen molar-refractivity contribution in [2.24, 2.45) is 5.92 Å². The van der Waals surface area contributed by atoms with E-state index in [-0.39, 0.29) is 31.6 Å². The maximum absolute atomic E-state index is 12.3. The summed E-state index contributed by atoms with van der Waals surface area (Å²) in [6.45, 7) is 0.0201. The number of nitrogens with zero attached hydrogens (tertiary/aromatic N) is 1. The van der Waals surface area contributed by atoms with Gasteiger partial charge in [-0.1, -0.05) is 19.3 Å². The van der Waals surface area contributed by atoms with Crippen LogP contribution in [0.4, 0.5) is 13.2 Å². The van der Waals surface area contributed by atoms with Crippen LogP contribution in [0.25, 0.3) is 0 Å². The molecule has 0 unspecified atom stereocenters. The number of halogens is 3. The Morgan fingerprint density at radius 3 is 2.33 bits per heavy atom. The minimum absolute atomic E-state index is 0.0401. The molecule has 0 aromatic carbocycles. The van der Waals surface area contributed by atoms with E-state index in [2.05, 4.69) is 5.32 Å². The van der Waals surface area contributed by atoms with Gasteiger partial charge < -0.3 is 5.32 Å². The van der Waals surface area contributed by atoms with Crippen molar-refractivity contribution in [1.29, 1.82) is 0 Å². The third-order valence-electron chi connectivity index (χ3n) is 3.76. The second-order valence-electron chi connectivity index (χ2n) is 5.34. The summed E-state index contributed by atoms with van der Waals surface area (Å²) in [5.74, 6) is -1.39. The van der Waals surface area contributed by atoms with E-state index in [0.29, 0.717) is 0 Å². The Balaban J connectivity index is 1.64. The van der Waals surface area contributed by atoms with Crippen molar-refractivity contribution in [3.63, 3.8) is 0 Å². The first kappa shape index (κ1) is 13.6. The second kappa shape index (κ2) is 5.47. The van der Waals surface area contributed by atoms with Crippen molar-refractivity contribution in [2.45, 2.75) is 44.3 Å². The molecule has 18 heavy (non-hydrogen) atoms. The summed E-state index contributed by atoms with van der Waals surface area (Å²) in [7, 11) is 0. The number of carbonyl (C=O) groups is 1. The molecule has 0 aromatic heterocycles. The number of rotatable bonds is 3. The molecular weight excluding hydrogens is 245 g/mol. The molecule has 2 rings (SSSR count). The Morgan fingerprint density at radius 2 is 1.78 bits per heavy atom. The Hall–Kier alpha value is -0.780. The zero-order chi connectivity index (χ0) is 13.2. The minimum atomic E-state index is -4.11. The number of likely N-dealkylation sites (tertiary alicyclic amines) is 1. The lowest BCUT2D eigenvalue weighted by molar-refractivity contribution is -0.209. The predicted octanol–water partition coefficient (Wildman–Crippen LogP) is 1.93. The highest BCUT2D eigenvalue weighted by molar-refractivity contribution is 5.78. The number of amides is 1. The molecule has 1 amide bonds. The molecule has 0 atom stereocenters. The lowest BCUT2D eigenvalue weighted by Crippen LogP contribution is -2.56. The summed E-state index contributed by atoms with van der Waals surface area (Å²) < 4.78 is 36.8. The van der Waals surface area contributed by atoms with E-state index in [1.54, 1.807) is 4.90 Å². The third-order valence-corrected chi connectivity index (χ3v) is 3.76. The fourth-order valence-corrected chi connectivity index (χ4v) is 2.63. The van der Waals surface area contributed by atoms with Gasteiger partial charge in [0.2, 0.25) is 5.91 Å². The van der Waals surface area contributed by atoms with Crippen molar-refractivity contribution in [3.8, 4) is 0 Å². The normalized spacial score (nSPS) is 23.7. The highest BCUT2D eigenvalue weighted by atomic mass is 19.4. The lowest BCUT2D eigenvalue weighted by atomic mass is 9.95. The summed E-state index contributed by atoms with van der Waals surface area (Å²) in [4.78, 5) is 13.2. The lowest BCUT2D eigenvalue weighted by Gasteiger charge is -2.39. The van der Waals surface area contributed by atoms with Crippen molar-refractivity contribution < 1.29 is 18.0 Å². The molecule has 1 saturated carbocycles. The van der Waals surface area contributed by atoms with Gasteiger partial charge in [0.05, 0.1) is 12.5 Å². The smallest absolute Gasteiger partial charge is 0.352 e. The summed E-state index contributed by atoms with van der Waals surface area (Å²) in [5, 5.41) is 2.91. The van der Waals surface area contributed by atoms with E-state index in [1.807, 2.05) is 0 Å². The van der Waals surface area contributed by atoms with Gasteiger partial charge >= 0.3 is 6.18 Å². The number of carbonyl (C=O) groups excluding carboxylic acids is 1. The predicted molar refractivity (Wildman–Crippen MR) is 61.0 cm³/mol. The first-order valence-corrected chi connectivity index (χ1v) is 6.53. The number of nitrogens with one attached hydrogen (secondary N) is 1. The van der Waals surface area contributed by atoms with Gasteiger partial charge in [-0.15, -0.1) is 0 Å². The monoisotopic (exact) mass is 264 g/mol. The summed E-state index contributed by atoms with van der Waals surface area (Å²) >= 11 is 0. The fraction of sp³-hybridized carbons (Fsp3) is 0.917. The van der Waals surface area contributed by atoms with Crippen LogP contribution in [0, 0.1) is 5.92 Å². The average Bonchev–Trinajstić information content (AvgIpc) is 2.22. The van der Waals surface area contributed by atoms with Gasteiger partial charge in [0, 0.05) is 19.1 Å². The van der Waals surface area contributed by atoms with Gasteiger partial charge in [-0.25, -0.2) is 0 Å². The molecule has 1 aliphatic heterocycles. The third kappa shape index (κ3) is 3.60. The Kier molecular flexibility index (Phi) is 4.14. The molecule has 104 valence electrons. The number of alkyl halides is 3. The number of hydrogen-bond acceptors (Lipinski definition) is 2. The van der Waals surface area contributed by atoms with Crippen LogP contribution in [0.2, 0.25) is 0 Å². The van der Waals surface area contributed by atoms with Crippen LogP contribution in [0.1, 0.15) is 32.1 Å². The molecular formula is C12H19F3N2O. The van der Waals surface area contributed by atoms with Crippen molar-refractivity contribution >= 4 is 5.91 Å². The van der Waals surface area contributed by atoms with Gasteiger partial charge in [-0.05, 0) is 12.8 Å². The van der Waals surface area contributed by atoms with E-state index < -0.39 is 12.1 Å². The van der Waals surface area contributed by atoms with E-state index in [1.165, 1.54) is 6.42 Å². The quantitative estimate of drug-likeness (QED) is 0.844. The van der Waals surface area contributed by atoms with Gasteiger partial charge in [0.15, 0.2) is 0 Å². The standard InChI is InChI=1S/C12H19F3N2O/c13-12(14,15)9-6-17(7-9)8-11(18)16-10-4-2-1-3-5-10/h9-10H,1-8H2,(H,16,18). The van der Waals surface area contributed by atoms with Crippen LogP contribution in [0.3, 0.4) is 0 Å². The molecule has 0 bridgehead atoms. The molecule has 3 nitrogen and oxygen atoms in total. The fourth-order valence-electron chi connectivity index (χ4n) is 2.63. The van der Waals surface area contributed by atoms with Crippen molar-refractivity contribution in [3.05, 3.63) is 0 Å². The molecule has 0 aromatic rings. The van der Waals surface area contributed by atoms with E-state index >= 15 is 0 Å². The van der Waals surface area contributed by atoms with Gasteiger partial charge in [-0.3, -0.25) is 9.69 Å². The molecule has 2 aliphatic rings. The van der Waals surface area contributed by atoms with Crippen LogP contribution in [-0.4, -0.2) is 42.7 Å². The van der Waals surface area contributed by atoms with Crippen LogP contribution in [0.5, 0.6) is 0 Å². The highest BCUT2D eigenvalue weighted by Gasteiger charge is 2.47. The maximum Gasteiger partial charge on any atom is 0.394 e. The molecule has 1 saturated heterocycles. The minimum Gasteiger partial charge on any atom is -0.352 e. The summed E-state index contributed by atoms with van der Waals surface area (Å²) in [5.41, 5.74) is 0. The first-order chi connectivity index (χ1) is 8.45. The highest BCUT2D eigenvalue weighted by Crippen LogP contribution is 2.33. The maximum atomic E-state index is 12.3. The molecule has 6 heteroatoms. The molecule has 1 N–H and O–H groups in total. The largest absolute Gasteiger partial charge is 0.394 e. The van der Waals surface area contributed by atoms with Crippen LogP contribution >= 0.6 is 0 Å². The SMILES string of the molecule is O=C(CN1CC(C(F)(F)F)C1)NC1CCCCC1. The Labute approximate surface area is 105 Å². The average molecular weight is 264 g/mol. The summed E-state index contributed by atoms with van der Waals surface area (Å²) in [6, 6.07) is 0.228. The summed E-state index contributed by atoms with van der Waals surface area (Å²) in [6.07, 6.45) is 1.35. The van der Waals surface area contributed by atoms with Crippen LogP contribution in [0.15, 0.2) is 0 Å². The van der Waals surface area contributed by atoms with Crippen molar-refractivity contribution in [2.75, 3.05) is 19.6 Å². The van der Waals surface area contributed by atoms with E-state index in [9.17, 15) is 18.0 Å². The second-order valence-corrected chi connectivity index (χ2v) is 5.34. The topological polar surface area (TPSA) is 32.3 Å². The van der Waals surface area contributed by atoms with Crippen LogP contribution < -0.4 is 5.32 Å². The van der Waals surface area contributed by atoms with Crippen LogP contribution in [-0.2, 0) is 4.79 Å². The van der Waals surface area contributed by atoms with Gasteiger partial charge in [0.1, 0.15) is 0 Å². The molecule has 0 spiro atoms. The molecule has 1 heterocycles. The molecule has 0 radical (unpaired) electrons. The zero-order valence-electron chi connectivity index (χ0n) is 10.3. The Bertz CT molecular complexity index is 294. The molecule has 2 fully saturated rings. The van der Waals surface area contributed by atoms with Crippen molar-refractivity contribution in [1.82, 2.24) is 10.2 Å². The van der Waals surface area contributed by atoms with Gasteiger partial charge in [0.25, 0.3) is 0 Å². The van der Waals surface area contributed by atoms with E-state index in [4.69, 9.17) is 0 Å². The van der Waals surface area contributed by atoms with E-state index in [0.717, 1.165) is 25.7 Å². The Morgan fingerprint density at radius 1 is 1.17 bits per heavy atom.